The fraction of sp³-hybridized carbons (Fsp3) is 0.812. The molecule has 20 heavy (non-hydrogen) atoms. The lowest BCUT2D eigenvalue weighted by atomic mass is 9.94. The van der Waals surface area contributed by atoms with Crippen LogP contribution in [0.5, 0.6) is 0 Å². The Morgan fingerprint density at radius 2 is 2.05 bits per heavy atom. The van der Waals surface area contributed by atoms with Crippen LogP contribution >= 0.6 is 0 Å². The number of hydrogen-bond acceptors (Lipinski definition) is 4. The number of hydrogen-bond donors (Lipinski definition) is 1. The molecule has 1 N–H and O–H groups in total. The number of ether oxygens (including phenoxy) is 2. The van der Waals surface area contributed by atoms with Crippen molar-refractivity contribution in [3.63, 3.8) is 0 Å². The third kappa shape index (κ3) is 5.25. The van der Waals surface area contributed by atoms with Crippen molar-refractivity contribution in [2.75, 3.05) is 6.61 Å². The molecule has 1 rings (SSSR count). The first-order chi connectivity index (χ1) is 9.02. The predicted molar refractivity (Wildman–Crippen MR) is 78.4 cm³/mol. The fourth-order valence-corrected chi connectivity index (χ4v) is 2.39. The molecule has 0 saturated heterocycles. The highest BCUT2D eigenvalue weighted by Gasteiger charge is 2.30. The molecule has 0 spiro atoms. The van der Waals surface area contributed by atoms with Gasteiger partial charge in [0.05, 0.1) is 11.7 Å². The van der Waals surface area contributed by atoms with Crippen LogP contribution in [0.4, 0.5) is 0 Å². The Balaban J connectivity index is 2.52. The lowest BCUT2D eigenvalue weighted by Crippen LogP contribution is -2.37. The third-order valence-electron chi connectivity index (χ3n) is 3.56. The number of aliphatic hydroxyl groups excluding tert-OH is 1. The van der Waals surface area contributed by atoms with Gasteiger partial charge in [-0.2, -0.15) is 0 Å². The molecular formula is C16H28O4. The van der Waals surface area contributed by atoms with Crippen molar-refractivity contribution in [2.45, 2.75) is 72.2 Å². The van der Waals surface area contributed by atoms with Gasteiger partial charge in [0.25, 0.3) is 0 Å². The molecule has 4 heteroatoms. The molecule has 2 atom stereocenters. The summed E-state index contributed by atoms with van der Waals surface area (Å²) in [5, 5.41) is 9.11. The van der Waals surface area contributed by atoms with E-state index in [1.54, 1.807) is 0 Å². The molecular weight excluding hydrogens is 256 g/mol. The first-order valence-electron chi connectivity index (χ1n) is 7.27. The van der Waals surface area contributed by atoms with Gasteiger partial charge < -0.3 is 14.6 Å². The van der Waals surface area contributed by atoms with Crippen LogP contribution in [0.1, 0.15) is 54.4 Å². The van der Waals surface area contributed by atoms with Crippen molar-refractivity contribution in [1.29, 1.82) is 0 Å². The Bertz CT molecular complexity index is 380. The van der Waals surface area contributed by atoms with Gasteiger partial charge in [0.2, 0.25) is 0 Å². The molecule has 0 aromatic carbocycles. The van der Waals surface area contributed by atoms with Gasteiger partial charge in [0.1, 0.15) is 12.7 Å². The highest BCUT2D eigenvalue weighted by molar-refractivity contribution is 5.73. The van der Waals surface area contributed by atoms with Crippen LogP contribution < -0.4 is 0 Å². The molecule has 1 aliphatic carbocycles. The molecule has 0 bridgehead atoms. The van der Waals surface area contributed by atoms with Crippen LogP contribution in [0.25, 0.3) is 0 Å². The first-order valence-corrected chi connectivity index (χ1v) is 7.27. The lowest BCUT2D eigenvalue weighted by Gasteiger charge is -2.29. The standard InChI is InChI=1S/C16H28O4/c1-11(17)14(18)19-10-16(5,6)20-12(2)13-7-8-15(3,4)9-13/h9,11-12,17H,7-8,10H2,1-6H3. The summed E-state index contributed by atoms with van der Waals surface area (Å²) in [6.45, 7) is 11.8. The predicted octanol–water partition coefficient (Wildman–Crippen LogP) is 2.84. The van der Waals surface area contributed by atoms with Crippen LogP contribution in [0.3, 0.4) is 0 Å². The van der Waals surface area contributed by atoms with E-state index >= 15 is 0 Å². The Hall–Kier alpha value is -0.870. The minimum absolute atomic E-state index is 0.0111. The summed E-state index contributed by atoms with van der Waals surface area (Å²) < 4.78 is 11.1. The van der Waals surface area contributed by atoms with Gasteiger partial charge in [0, 0.05) is 0 Å². The molecule has 0 aliphatic heterocycles. The quantitative estimate of drug-likeness (QED) is 0.602. The Kier molecular flexibility index (Phi) is 5.39. The molecule has 0 fully saturated rings. The Morgan fingerprint density at radius 1 is 1.45 bits per heavy atom. The molecule has 2 unspecified atom stereocenters. The second-order valence-corrected chi connectivity index (χ2v) is 7.01. The van der Waals surface area contributed by atoms with Crippen LogP contribution in [0.2, 0.25) is 0 Å². The van der Waals surface area contributed by atoms with E-state index in [1.165, 1.54) is 12.5 Å². The van der Waals surface area contributed by atoms with E-state index in [1.807, 2.05) is 20.8 Å². The maximum absolute atomic E-state index is 11.3. The maximum atomic E-state index is 11.3. The lowest BCUT2D eigenvalue weighted by molar-refractivity contribution is -0.163. The van der Waals surface area contributed by atoms with E-state index in [-0.39, 0.29) is 18.1 Å². The average molecular weight is 284 g/mol. The number of rotatable bonds is 6. The van der Waals surface area contributed by atoms with Gasteiger partial charge in [-0.05, 0) is 51.5 Å². The van der Waals surface area contributed by atoms with Gasteiger partial charge in [-0.1, -0.05) is 19.9 Å². The molecule has 1 aliphatic rings. The molecule has 116 valence electrons. The van der Waals surface area contributed by atoms with Crippen LogP contribution in [-0.4, -0.2) is 35.5 Å². The molecule has 0 radical (unpaired) electrons. The summed E-state index contributed by atoms with van der Waals surface area (Å²) in [4.78, 5) is 11.3. The summed E-state index contributed by atoms with van der Waals surface area (Å²) in [5.74, 6) is -0.615. The number of carbonyl (C=O) groups is 1. The van der Waals surface area contributed by atoms with Crippen molar-refractivity contribution in [1.82, 2.24) is 0 Å². The van der Waals surface area contributed by atoms with Crippen LogP contribution in [0, 0.1) is 5.41 Å². The smallest absolute Gasteiger partial charge is 0.334 e. The average Bonchev–Trinajstić information content (AvgIpc) is 2.66. The molecule has 4 nitrogen and oxygen atoms in total. The topological polar surface area (TPSA) is 55.8 Å². The zero-order valence-corrected chi connectivity index (χ0v) is 13.5. The van der Waals surface area contributed by atoms with E-state index in [2.05, 4.69) is 19.9 Å². The zero-order chi connectivity index (χ0) is 15.6. The summed E-state index contributed by atoms with van der Waals surface area (Å²) in [7, 11) is 0. The molecule has 0 amide bonds. The summed E-state index contributed by atoms with van der Waals surface area (Å²) in [6.07, 6.45) is 3.40. The molecule has 0 heterocycles. The normalized spacial score (nSPS) is 21.2. The summed E-state index contributed by atoms with van der Waals surface area (Å²) >= 11 is 0. The van der Waals surface area contributed by atoms with Gasteiger partial charge >= 0.3 is 5.97 Å². The molecule has 0 saturated carbocycles. The summed E-state index contributed by atoms with van der Waals surface area (Å²) in [6, 6.07) is 0. The second-order valence-electron chi connectivity index (χ2n) is 7.01. The number of allylic oxidation sites excluding steroid dienone is 1. The molecule has 0 aromatic rings. The Labute approximate surface area is 122 Å². The van der Waals surface area contributed by atoms with E-state index in [0.29, 0.717) is 0 Å². The number of aliphatic hydroxyl groups is 1. The monoisotopic (exact) mass is 284 g/mol. The van der Waals surface area contributed by atoms with Gasteiger partial charge in [-0.3, -0.25) is 0 Å². The van der Waals surface area contributed by atoms with Crippen LogP contribution in [0.15, 0.2) is 11.6 Å². The number of esters is 1. The zero-order valence-electron chi connectivity index (χ0n) is 13.5. The van der Waals surface area contributed by atoms with E-state index < -0.39 is 17.7 Å². The van der Waals surface area contributed by atoms with Crippen molar-refractivity contribution < 1.29 is 19.4 Å². The SMILES string of the molecule is CC(O)C(=O)OCC(C)(C)OC(C)C1=CC(C)(C)CC1. The minimum atomic E-state index is -1.10. The minimum Gasteiger partial charge on any atom is -0.461 e. The summed E-state index contributed by atoms with van der Waals surface area (Å²) in [5.41, 5.74) is 0.984. The van der Waals surface area contributed by atoms with Crippen LogP contribution in [-0.2, 0) is 14.3 Å². The van der Waals surface area contributed by atoms with Gasteiger partial charge in [-0.25, -0.2) is 4.79 Å². The van der Waals surface area contributed by atoms with E-state index in [4.69, 9.17) is 14.6 Å². The molecule has 0 aromatic heterocycles. The number of carbonyl (C=O) groups excluding carboxylic acids is 1. The van der Waals surface area contributed by atoms with Crippen molar-refractivity contribution in [3.05, 3.63) is 11.6 Å². The second kappa shape index (κ2) is 6.27. The maximum Gasteiger partial charge on any atom is 0.334 e. The van der Waals surface area contributed by atoms with Gasteiger partial charge in [0.15, 0.2) is 0 Å². The van der Waals surface area contributed by atoms with Crippen molar-refractivity contribution in [3.8, 4) is 0 Å². The van der Waals surface area contributed by atoms with Crippen molar-refractivity contribution >= 4 is 5.97 Å². The highest BCUT2D eigenvalue weighted by atomic mass is 16.6. The van der Waals surface area contributed by atoms with Crippen molar-refractivity contribution in [2.24, 2.45) is 5.41 Å². The largest absolute Gasteiger partial charge is 0.461 e. The third-order valence-corrected chi connectivity index (χ3v) is 3.56. The van der Waals surface area contributed by atoms with Gasteiger partial charge in [-0.15, -0.1) is 0 Å². The highest BCUT2D eigenvalue weighted by Crippen LogP contribution is 2.37. The van der Waals surface area contributed by atoms with E-state index in [0.717, 1.165) is 12.8 Å². The first kappa shape index (κ1) is 17.2. The fourth-order valence-electron chi connectivity index (χ4n) is 2.39. The Morgan fingerprint density at radius 3 is 2.50 bits per heavy atom. The van der Waals surface area contributed by atoms with E-state index in [9.17, 15) is 4.79 Å².